The summed E-state index contributed by atoms with van der Waals surface area (Å²) in [4.78, 5) is 1.04. The number of thiophene rings is 1. The van der Waals surface area contributed by atoms with Gasteiger partial charge in [-0.2, -0.15) is 4.57 Å². The minimum Gasteiger partial charge on any atom is -0.867 e. The zero-order valence-corrected chi connectivity index (χ0v) is 13.8. The molecular formula is C17H14N2O2S2. The van der Waals surface area contributed by atoms with Gasteiger partial charge in [-0.15, -0.1) is 11.3 Å². The molecular weight excluding hydrogens is 328 g/mol. The fraction of sp³-hybridized carbons (Fsp3) is 0.0588. The number of hydrogen-bond acceptors (Lipinski definition) is 4. The van der Waals surface area contributed by atoms with Crippen LogP contribution in [-0.2, 0) is 6.54 Å². The fourth-order valence-electron chi connectivity index (χ4n) is 2.07. The maximum absolute atomic E-state index is 12.8. The number of pyridine rings is 1. The van der Waals surface area contributed by atoms with E-state index in [1.54, 1.807) is 16.9 Å². The first-order valence-corrected chi connectivity index (χ1v) is 8.27. The lowest BCUT2D eigenvalue weighted by molar-refractivity contribution is -0.577. The fourth-order valence-corrected chi connectivity index (χ4v) is 3.01. The van der Waals surface area contributed by atoms with E-state index in [0.29, 0.717) is 22.1 Å². The van der Waals surface area contributed by atoms with Crippen LogP contribution in [-0.4, -0.2) is 4.99 Å². The van der Waals surface area contributed by atoms with Crippen molar-refractivity contribution in [1.29, 1.82) is 0 Å². The highest BCUT2D eigenvalue weighted by atomic mass is 32.1. The van der Waals surface area contributed by atoms with E-state index in [4.69, 9.17) is 16.6 Å². The van der Waals surface area contributed by atoms with Crippen LogP contribution in [0.5, 0.6) is 0 Å². The molecule has 0 aliphatic carbocycles. The Labute approximate surface area is 143 Å². The molecule has 23 heavy (non-hydrogen) atoms. The summed E-state index contributed by atoms with van der Waals surface area (Å²) in [5.74, 6) is 0.654. The molecule has 0 spiro atoms. The standard InChI is InChI=1S/C17H14N2O2S2/c20-16(14-7-5-11-23-14)15(19-8-2-1-3-9-19)17(22)18-12-13-6-4-10-21-13/h1-11H,12H2,(H-,18,20,22). The van der Waals surface area contributed by atoms with Crippen molar-refractivity contribution in [2.75, 3.05) is 0 Å². The van der Waals surface area contributed by atoms with E-state index in [2.05, 4.69) is 5.32 Å². The summed E-state index contributed by atoms with van der Waals surface area (Å²) in [7, 11) is 0. The molecule has 0 radical (unpaired) electrons. The number of rotatable bonds is 5. The van der Waals surface area contributed by atoms with Crippen LogP contribution >= 0.6 is 23.6 Å². The average Bonchev–Trinajstić information content (AvgIpc) is 3.27. The van der Waals surface area contributed by atoms with Crippen molar-refractivity contribution in [2.24, 2.45) is 0 Å². The molecule has 0 saturated heterocycles. The summed E-state index contributed by atoms with van der Waals surface area (Å²) < 4.78 is 7.02. The molecule has 0 aromatic carbocycles. The Morgan fingerprint density at radius 3 is 2.65 bits per heavy atom. The third-order valence-electron chi connectivity index (χ3n) is 3.15. The molecule has 1 N–H and O–H groups in total. The summed E-state index contributed by atoms with van der Waals surface area (Å²) in [6.07, 6.45) is 5.22. The summed E-state index contributed by atoms with van der Waals surface area (Å²) in [5, 5.41) is 17.8. The number of aromatic nitrogens is 1. The van der Waals surface area contributed by atoms with Crippen molar-refractivity contribution in [3.8, 4) is 0 Å². The first-order chi connectivity index (χ1) is 11.3. The second kappa shape index (κ2) is 7.21. The quantitative estimate of drug-likeness (QED) is 0.335. The van der Waals surface area contributed by atoms with Crippen LogP contribution in [0.1, 0.15) is 10.6 Å². The van der Waals surface area contributed by atoms with Crippen molar-refractivity contribution in [2.45, 2.75) is 6.54 Å². The van der Waals surface area contributed by atoms with Crippen molar-refractivity contribution in [3.63, 3.8) is 0 Å². The van der Waals surface area contributed by atoms with Crippen molar-refractivity contribution >= 4 is 40.0 Å². The lowest BCUT2D eigenvalue weighted by Gasteiger charge is -2.14. The Morgan fingerprint density at radius 1 is 1.17 bits per heavy atom. The molecule has 4 nitrogen and oxygen atoms in total. The van der Waals surface area contributed by atoms with E-state index in [-0.39, 0.29) is 5.76 Å². The predicted molar refractivity (Wildman–Crippen MR) is 92.2 cm³/mol. The zero-order valence-electron chi connectivity index (χ0n) is 12.1. The molecule has 0 fully saturated rings. The third kappa shape index (κ3) is 3.67. The maximum atomic E-state index is 12.8. The zero-order chi connectivity index (χ0) is 16.1. The number of furan rings is 1. The number of nitrogens with one attached hydrogen (secondary N) is 1. The van der Waals surface area contributed by atoms with E-state index in [9.17, 15) is 5.11 Å². The minimum absolute atomic E-state index is 0.104. The molecule has 0 amide bonds. The molecule has 0 atom stereocenters. The SMILES string of the molecule is [O-]C(=C(C(=S)NCc1ccco1)[n+]1ccccc1)c1cccs1. The van der Waals surface area contributed by atoms with E-state index >= 15 is 0 Å². The average molecular weight is 342 g/mol. The van der Waals surface area contributed by atoms with Crippen molar-refractivity contribution in [1.82, 2.24) is 5.32 Å². The first kappa shape index (κ1) is 15.5. The first-order valence-electron chi connectivity index (χ1n) is 6.98. The van der Waals surface area contributed by atoms with E-state index in [1.165, 1.54) is 11.3 Å². The van der Waals surface area contributed by atoms with Gasteiger partial charge in [-0.1, -0.05) is 24.4 Å². The molecule has 3 aromatic rings. The summed E-state index contributed by atoms with van der Waals surface area (Å²) in [6, 6.07) is 12.9. The topological polar surface area (TPSA) is 52.1 Å². The van der Waals surface area contributed by atoms with Crippen LogP contribution in [0.2, 0.25) is 0 Å². The van der Waals surface area contributed by atoms with Gasteiger partial charge >= 0.3 is 0 Å². The van der Waals surface area contributed by atoms with Gasteiger partial charge in [0.2, 0.25) is 5.70 Å². The molecule has 3 aromatic heterocycles. The number of nitrogens with zero attached hydrogens (tertiary/aromatic N) is 1. The monoisotopic (exact) mass is 342 g/mol. The highest BCUT2D eigenvalue weighted by Crippen LogP contribution is 2.19. The lowest BCUT2D eigenvalue weighted by atomic mass is 10.2. The second-order valence-electron chi connectivity index (χ2n) is 4.70. The number of hydrogen-bond donors (Lipinski definition) is 1. The second-order valence-corrected chi connectivity index (χ2v) is 6.06. The Balaban J connectivity index is 1.92. The molecule has 0 saturated carbocycles. The normalized spacial score (nSPS) is 11.8. The summed E-state index contributed by atoms with van der Waals surface area (Å²) in [6.45, 7) is 0.431. The van der Waals surface area contributed by atoms with Crippen LogP contribution < -0.4 is 15.0 Å². The molecule has 3 rings (SSSR count). The van der Waals surface area contributed by atoms with Gasteiger partial charge in [-0.3, -0.25) is 0 Å². The molecule has 3 heterocycles. The largest absolute Gasteiger partial charge is 0.867 e. The van der Waals surface area contributed by atoms with Gasteiger partial charge in [0.05, 0.1) is 12.8 Å². The van der Waals surface area contributed by atoms with Gasteiger partial charge in [-0.05, 0) is 29.3 Å². The van der Waals surface area contributed by atoms with Crippen LogP contribution in [0.15, 0.2) is 70.9 Å². The highest BCUT2D eigenvalue weighted by Gasteiger charge is 2.18. The Bertz CT molecular complexity index is 795. The van der Waals surface area contributed by atoms with Crippen LogP contribution in [0.4, 0.5) is 0 Å². The molecule has 6 heteroatoms. The summed E-state index contributed by atoms with van der Waals surface area (Å²) >= 11 is 6.85. The molecule has 0 aliphatic rings. The van der Waals surface area contributed by atoms with Crippen LogP contribution in [0.25, 0.3) is 11.5 Å². The lowest BCUT2D eigenvalue weighted by Crippen LogP contribution is -2.41. The van der Waals surface area contributed by atoms with E-state index in [1.807, 2.05) is 54.2 Å². The highest BCUT2D eigenvalue weighted by molar-refractivity contribution is 7.81. The molecule has 0 bridgehead atoms. The summed E-state index contributed by atoms with van der Waals surface area (Å²) in [5.41, 5.74) is 0.426. The number of thiocarbonyl (C=S) groups is 1. The predicted octanol–water partition coefficient (Wildman–Crippen LogP) is 2.43. The van der Waals surface area contributed by atoms with E-state index in [0.717, 1.165) is 5.76 Å². The molecule has 0 unspecified atom stereocenters. The van der Waals surface area contributed by atoms with Gasteiger partial charge in [-0.25, -0.2) is 0 Å². The molecule has 0 aliphatic heterocycles. The van der Waals surface area contributed by atoms with Gasteiger partial charge in [0.1, 0.15) is 5.76 Å². The smallest absolute Gasteiger partial charge is 0.238 e. The van der Waals surface area contributed by atoms with Gasteiger partial charge in [0.15, 0.2) is 17.4 Å². The Morgan fingerprint density at radius 2 is 2.00 bits per heavy atom. The molecule has 116 valence electrons. The van der Waals surface area contributed by atoms with Gasteiger partial charge in [0, 0.05) is 17.0 Å². The van der Waals surface area contributed by atoms with Crippen molar-refractivity contribution < 1.29 is 14.1 Å². The van der Waals surface area contributed by atoms with Gasteiger partial charge < -0.3 is 14.8 Å². The maximum Gasteiger partial charge on any atom is 0.238 e. The van der Waals surface area contributed by atoms with Crippen LogP contribution in [0, 0.1) is 0 Å². The van der Waals surface area contributed by atoms with Gasteiger partial charge in [0.25, 0.3) is 0 Å². The Hall–Kier alpha value is -2.44. The Kier molecular flexibility index (Phi) is 4.85. The van der Waals surface area contributed by atoms with E-state index < -0.39 is 0 Å². The van der Waals surface area contributed by atoms with Crippen molar-refractivity contribution in [3.05, 3.63) is 77.1 Å². The minimum atomic E-state index is -0.104. The third-order valence-corrected chi connectivity index (χ3v) is 4.36. The van der Waals surface area contributed by atoms with Crippen LogP contribution in [0.3, 0.4) is 0 Å².